The largest absolute Gasteiger partial charge is 0.489 e. The quantitative estimate of drug-likeness (QED) is 0.720. The molecule has 0 atom stereocenters. The maximum absolute atomic E-state index is 13.2. The van der Waals surface area contributed by atoms with Crippen molar-refractivity contribution in [3.8, 4) is 5.75 Å². The van der Waals surface area contributed by atoms with E-state index in [2.05, 4.69) is 0 Å². The van der Waals surface area contributed by atoms with E-state index in [-0.39, 0.29) is 17.9 Å². The molecule has 0 aliphatic rings. The van der Waals surface area contributed by atoms with E-state index in [0.717, 1.165) is 18.6 Å². The molecule has 23 heavy (non-hydrogen) atoms. The molecule has 0 N–H and O–H groups in total. The van der Waals surface area contributed by atoms with E-state index in [1.807, 2.05) is 37.3 Å². The molecule has 0 aromatic heterocycles. The zero-order valence-electron chi connectivity index (χ0n) is 12.9. The topological polar surface area (TPSA) is 26.3 Å². The average molecular weight is 322 g/mol. The fourth-order valence-electron chi connectivity index (χ4n) is 2.30. The Kier molecular flexibility index (Phi) is 5.08. The van der Waals surface area contributed by atoms with Gasteiger partial charge in [-0.1, -0.05) is 37.3 Å². The summed E-state index contributed by atoms with van der Waals surface area (Å²) in [5.74, 6) is -0.449. The smallest absolute Gasteiger partial charge is 0.417 e. The van der Waals surface area contributed by atoms with E-state index in [0.29, 0.717) is 12.0 Å². The van der Waals surface area contributed by atoms with Crippen molar-refractivity contribution in [2.75, 3.05) is 0 Å². The van der Waals surface area contributed by atoms with Gasteiger partial charge in [0.2, 0.25) is 0 Å². The minimum absolute atomic E-state index is 0.161. The second kappa shape index (κ2) is 6.86. The molecular formula is C18H17F3O2. The van der Waals surface area contributed by atoms with Crippen molar-refractivity contribution in [2.24, 2.45) is 0 Å². The summed E-state index contributed by atoms with van der Waals surface area (Å²) in [6.45, 7) is 3.11. The second-order valence-electron chi connectivity index (χ2n) is 5.19. The van der Waals surface area contributed by atoms with Crippen LogP contribution in [0.5, 0.6) is 5.75 Å². The van der Waals surface area contributed by atoms with Crippen LogP contribution in [0.2, 0.25) is 0 Å². The first-order valence-corrected chi connectivity index (χ1v) is 7.24. The van der Waals surface area contributed by atoms with Crippen molar-refractivity contribution < 1.29 is 22.7 Å². The van der Waals surface area contributed by atoms with Gasteiger partial charge in [0, 0.05) is 5.56 Å². The van der Waals surface area contributed by atoms with Crippen molar-refractivity contribution in [3.63, 3.8) is 0 Å². The molecule has 122 valence electrons. The zero-order valence-corrected chi connectivity index (χ0v) is 12.9. The number of ketones is 1. The van der Waals surface area contributed by atoms with Crippen molar-refractivity contribution in [2.45, 2.75) is 33.1 Å². The highest BCUT2D eigenvalue weighted by molar-refractivity contribution is 5.96. The third-order valence-electron chi connectivity index (χ3n) is 3.50. The van der Waals surface area contributed by atoms with Gasteiger partial charge in [0.25, 0.3) is 0 Å². The van der Waals surface area contributed by atoms with Gasteiger partial charge in [0.1, 0.15) is 12.4 Å². The van der Waals surface area contributed by atoms with Crippen LogP contribution >= 0.6 is 0 Å². The van der Waals surface area contributed by atoms with Crippen molar-refractivity contribution in [3.05, 3.63) is 64.7 Å². The predicted molar refractivity (Wildman–Crippen MR) is 81.6 cm³/mol. The molecule has 0 bridgehead atoms. The van der Waals surface area contributed by atoms with Gasteiger partial charge < -0.3 is 4.74 Å². The molecule has 0 radical (unpaired) electrons. The molecule has 0 unspecified atom stereocenters. The van der Waals surface area contributed by atoms with Crippen LogP contribution < -0.4 is 4.74 Å². The Bertz CT molecular complexity index is 691. The molecule has 2 aromatic rings. The summed E-state index contributed by atoms with van der Waals surface area (Å²) < 4.78 is 45.1. The van der Waals surface area contributed by atoms with Gasteiger partial charge in [-0.25, -0.2) is 0 Å². The number of ether oxygens (including phenoxy) is 1. The third-order valence-corrected chi connectivity index (χ3v) is 3.50. The van der Waals surface area contributed by atoms with E-state index < -0.39 is 17.5 Å². The van der Waals surface area contributed by atoms with Crippen LogP contribution in [-0.4, -0.2) is 5.78 Å². The molecule has 5 heteroatoms. The molecule has 0 aliphatic carbocycles. The van der Waals surface area contributed by atoms with Gasteiger partial charge in [-0.15, -0.1) is 0 Å². The van der Waals surface area contributed by atoms with E-state index in [1.54, 1.807) is 0 Å². The SMILES string of the molecule is CCc1cc(C(C)=O)c(C(F)(F)F)cc1OCc1ccccc1. The van der Waals surface area contributed by atoms with E-state index in [4.69, 9.17) is 4.74 Å². The van der Waals surface area contributed by atoms with Crippen LogP contribution in [0.25, 0.3) is 0 Å². The molecule has 0 aliphatic heterocycles. The lowest BCUT2D eigenvalue weighted by Crippen LogP contribution is -2.13. The number of carbonyl (C=O) groups excluding carboxylic acids is 1. The lowest BCUT2D eigenvalue weighted by molar-refractivity contribution is -0.138. The number of carbonyl (C=O) groups is 1. The minimum atomic E-state index is -4.60. The Balaban J connectivity index is 2.40. The monoisotopic (exact) mass is 322 g/mol. The number of Topliss-reactive ketones (excluding diaryl/α,β-unsaturated/α-hetero) is 1. The van der Waals surface area contributed by atoms with E-state index in [1.165, 1.54) is 6.07 Å². The highest BCUT2D eigenvalue weighted by Gasteiger charge is 2.35. The summed E-state index contributed by atoms with van der Waals surface area (Å²) in [5.41, 5.74) is 0.171. The zero-order chi connectivity index (χ0) is 17.0. The Morgan fingerprint density at radius 3 is 2.30 bits per heavy atom. The maximum atomic E-state index is 13.2. The number of hydrogen-bond acceptors (Lipinski definition) is 2. The predicted octanol–water partition coefficient (Wildman–Crippen LogP) is 5.05. The molecule has 0 spiro atoms. The van der Waals surface area contributed by atoms with Crippen LogP contribution in [0.15, 0.2) is 42.5 Å². The summed E-state index contributed by atoms with van der Waals surface area (Å²) in [5, 5.41) is 0. The third kappa shape index (κ3) is 4.12. The molecule has 0 amide bonds. The maximum Gasteiger partial charge on any atom is 0.417 e. The van der Waals surface area contributed by atoms with Crippen molar-refractivity contribution in [1.82, 2.24) is 0 Å². The molecule has 2 nitrogen and oxygen atoms in total. The molecule has 0 saturated heterocycles. The summed E-state index contributed by atoms with van der Waals surface area (Å²) >= 11 is 0. The lowest BCUT2D eigenvalue weighted by atomic mass is 9.98. The first kappa shape index (κ1) is 17.1. The average Bonchev–Trinajstić information content (AvgIpc) is 2.52. The van der Waals surface area contributed by atoms with Gasteiger partial charge in [0.05, 0.1) is 5.56 Å². The van der Waals surface area contributed by atoms with Gasteiger partial charge in [0.15, 0.2) is 5.78 Å². The van der Waals surface area contributed by atoms with Crippen molar-refractivity contribution >= 4 is 5.78 Å². The lowest BCUT2D eigenvalue weighted by Gasteiger charge is -2.17. The van der Waals surface area contributed by atoms with Crippen molar-refractivity contribution in [1.29, 1.82) is 0 Å². The molecule has 2 rings (SSSR count). The Hall–Kier alpha value is -2.30. The van der Waals surface area contributed by atoms with Gasteiger partial charge in [-0.3, -0.25) is 4.79 Å². The highest BCUT2D eigenvalue weighted by atomic mass is 19.4. The second-order valence-corrected chi connectivity index (χ2v) is 5.19. The summed E-state index contributed by atoms with van der Waals surface area (Å²) in [4.78, 5) is 11.5. The number of halogens is 3. The molecule has 2 aromatic carbocycles. The van der Waals surface area contributed by atoms with Gasteiger partial charge in [-0.2, -0.15) is 13.2 Å². The van der Waals surface area contributed by atoms with E-state index in [9.17, 15) is 18.0 Å². The fourth-order valence-corrected chi connectivity index (χ4v) is 2.30. The summed E-state index contributed by atoms with van der Waals surface area (Å²) in [7, 11) is 0. The first-order valence-electron chi connectivity index (χ1n) is 7.24. The molecule has 0 heterocycles. The fraction of sp³-hybridized carbons (Fsp3) is 0.278. The Labute approximate surface area is 132 Å². The number of rotatable bonds is 5. The number of benzene rings is 2. The van der Waals surface area contributed by atoms with Crippen LogP contribution in [0.3, 0.4) is 0 Å². The molecule has 0 fully saturated rings. The Morgan fingerprint density at radius 2 is 1.78 bits per heavy atom. The molecule has 0 saturated carbocycles. The van der Waals surface area contributed by atoms with Gasteiger partial charge >= 0.3 is 6.18 Å². The molecular weight excluding hydrogens is 305 g/mol. The van der Waals surface area contributed by atoms with Crippen LogP contribution in [0, 0.1) is 0 Å². The van der Waals surface area contributed by atoms with Crippen LogP contribution in [0.1, 0.15) is 40.9 Å². The van der Waals surface area contributed by atoms with E-state index >= 15 is 0 Å². The Morgan fingerprint density at radius 1 is 1.13 bits per heavy atom. The standard InChI is InChI=1S/C18H17F3O2/c1-3-14-9-15(12(2)22)16(18(19,20)21)10-17(14)23-11-13-7-5-4-6-8-13/h4-10H,3,11H2,1-2H3. The number of aryl methyl sites for hydroxylation is 1. The van der Waals surface area contributed by atoms with Crippen LogP contribution in [0.4, 0.5) is 13.2 Å². The first-order chi connectivity index (χ1) is 10.8. The normalized spacial score (nSPS) is 11.3. The summed E-state index contributed by atoms with van der Waals surface area (Å²) in [6.07, 6.45) is -4.12. The number of alkyl halides is 3. The van der Waals surface area contributed by atoms with Crippen LogP contribution in [-0.2, 0) is 19.2 Å². The number of hydrogen-bond donors (Lipinski definition) is 0. The summed E-state index contributed by atoms with van der Waals surface area (Å²) in [6, 6.07) is 11.4. The highest BCUT2D eigenvalue weighted by Crippen LogP contribution is 2.37. The van der Waals surface area contributed by atoms with Gasteiger partial charge in [-0.05, 0) is 36.6 Å². The minimum Gasteiger partial charge on any atom is -0.489 e.